The fourth-order valence-electron chi connectivity index (χ4n) is 2.87. The maximum atomic E-state index is 12.3. The molecule has 90 valence electrons. The van der Waals surface area contributed by atoms with Gasteiger partial charge in [0.25, 0.3) is 0 Å². The summed E-state index contributed by atoms with van der Waals surface area (Å²) in [6.07, 6.45) is 8.86. The van der Waals surface area contributed by atoms with E-state index in [-0.39, 0.29) is 6.04 Å². The second kappa shape index (κ2) is 5.48. The highest BCUT2D eigenvalue weighted by Gasteiger charge is 2.31. The Morgan fingerprint density at radius 1 is 1.31 bits per heavy atom. The Kier molecular flexibility index (Phi) is 3.99. The highest BCUT2D eigenvalue weighted by Crippen LogP contribution is 2.24. The quantitative estimate of drug-likeness (QED) is 0.734. The smallest absolute Gasteiger partial charge is 0.240 e. The zero-order valence-corrected chi connectivity index (χ0v) is 9.95. The zero-order chi connectivity index (χ0) is 11.4. The number of hydrogen-bond acceptors (Lipinski definition) is 2. The molecule has 1 heterocycles. The third-order valence-electron chi connectivity index (χ3n) is 3.73. The SMILES string of the molecule is C=CCN(C(=O)[C@H]1CCCN1)C1CCCC1. The molecule has 3 nitrogen and oxygen atoms in total. The van der Waals surface area contributed by atoms with E-state index in [2.05, 4.69) is 11.9 Å². The summed E-state index contributed by atoms with van der Waals surface area (Å²) in [6, 6.07) is 0.536. The summed E-state index contributed by atoms with van der Waals surface area (Å²) < 4.78 is 0. The molecule has 0 bridgehead atoms. The van der Waals surface area contributed by atoms with Gasteiger partial charge < -0.3 is 10.2 Å². The van der Waals surface area contributed by atoms with Crippen LogP contribution in [0, 0.1) is 0 Å². The van der Waals surface area contributed by atoms with Crippen LogP contribution in [0.3, 0.4) is 0 Å². The Balaban J connectivity index is 1.99. The van der Waals surface area contributed by atoms with Gasteiger partial charge in [-0.15, -0.1) is 6.58 Å². The number of nitrogens with zero attached hydrogens (tertiary/aromatic N) is 1. The van der Waals surface area contributed by atoms with Crippen LogP contribution in [-0.2, 0) is 4.79 Å². The van der Waals surface area contributed by atoms with E-state index in [1.807, 2.05) is 11.0 Å². The van der Waals surface area contributed by atoms with E-state index in [1.165, 1.54) is 25.7 Å². The normalized spacial score (nSPS) is 25.9. The molecule has 1 aliphatic heterocycles. The maximum Gasteiger partial charge on any atom is 0.240 e. The molecule has 0 aromatic carbocycles. The standard InChI is InChI=1S/C13H22N2O/c1-2-10-15(11-6-3-4-7-11)13(16)12-8-5-9-14-12/h2,11-12,14H,1,3-10H2/t12-/m1/s1. The minimum Gasteiger partial charge on any atom is -0.335 e. The van der Waals surface area contributed by atoms with Crippen molar-refractivity contribution in [1.29, 1.82) is 0 Å². The highest BCUT2D eigenvalue weighted by atomic mass is 16.2. The molecule has 0 unspecified atom stereocenters. The Morgan fingerprint density at radius 3 is 2.62 bits per heavy atom. The van der Waals surface area contributed by atoms with E-state index in [9.17, 15) is 4.79 Å². The number of nitrogens with one attached hydrogen (secondary N) is 1. The third-order valence-corrected chi connectivity index (χ3v) is 3.73. The number of hydrogen-bond donors (Lipinski definition) is 1. The second-order valence-electron chi connectivity index (χ2n) is 4.87. The second-order valence-corrected chi connectivity index (χ2v) is 4.87. The van der Waals surface area contributed by atoms with Gasteiger partial charge in [0.1, 0.15) is 0 Å². The molecule has 1 aliphatic carbocycles. The molecule has 1 N–H and O–H groups in total. The van der Waals surface area contributed by atoms with Crippen LogP contribution in [0.5, 0.6) is 0 Å². The van der Waals surface area contributed by atoms with Crippen LogP contribution < -0.4 is 5.32 Å². The van der Waals surface area contributed by atoms with Crippen LogP contribution in [0.4, 0.5) is 0 Å². The lowest BCUT2D eigenvalue weighted by molar-refractivity contribution is -0.134. The summed E-state index contributed by atoms with van der Waals surface area (Å²) in [4.78, 5) is 14.4. The molecule has 2 fully saturated rings. The molecule has 1 saturated heterocycles. The molecule has 0 aromatic heterocycles. The van der Waals surface area contributed by atoms with Gasteiger partial charge in [-0.2, -0.15) is 0 Å². The van der Waals surface area contributed by atoms with Crippen LogP contribution in [0.2, 0.25) is 0 Å². The molecule has 1 amide bonds. The lowest BCUT2D eigenvalue weighted by Gasteiger charge is -2.30. The molecule has 1 saturated carbocycles. The summed E-state index contributed by atoms with van der Waals surface area (Å²) >= 11 is 0. The minimum atomic E-state index is 0.0700. The first-order valence-corrected chi connectivity index (χ1v) is 6.47. The molecule has 0 aromatic rings. The molecule has 2 rings (SSSR count). The lowest BCUT2D eigenvalue weighted by atomic mass is 10.1. The number of amides is 1. The van der Waals surface area contributed by atoms with E-state index in [0.29, 0.717) is 18.5 Å². The van der Waals surface area contributed by atoms with Crippen molar-refractivity contribution in [3.63, 3.8) is 0 Å². The van der Waals surface area contributed by atoms with Crippen molar-refractivity contribution >= 4 is 5.91 Å². The van der Waals surface area contributed by atoms with Crippen molar-refractivity contribution < 1.29 is 4.79 Å². The summed E-state index contributed by atoms with van der Waals surface area (Å²) in [6.45, 7) is 5.47. The summed E-state index contributed by atoms with van der Waals surface area (Å²) in [5.41, 5.74) is 0. The van der Waals surface area contributed by atoms with Crippen LogP contribution in [0.1, 0.15) is 38.5 Å². The third kappa shape index (κ3) is 2.46. The van der Waals surface area contributed by atoms with Gasteiger partial charge in [0.2, 0.25) is 5.91 Å². The van der Waals surface area contributed by atoms with E-state index < -0.39 is 0 Å². The van der Waals surface area contributed by atoms with Crippen LogP contribution in [0.25, 0.3) is 0 Å². The maximum absolute atomic E-state index is 12.3. The van der Waals surface area contributed by atoms with E-state index in [1.54, 1.807) is 0 Å². The van der Waals surface area contributed by atoms with Gasteiger partial charge in [0, 0.05) is 12.6 Å². The zero-order valence-electron chi connectivity index (χ0n) is 9.95. The Bertz CT molecular complexity index is 253. The Hall–Kier alpha value is -0.830. The fourth-order valence-corrected chi connectivity index (χ4v) is 2.87. The summed E-state index contributed by atoms with van der Waals surface area (Å²) in [5, 5.41) is 3.29. The topological polar surface area (TPSA) is 32.3 Å². The fraction of sp³-hybridized carbons (Fsp3) is 0.769. The van der Waals surface area contributed by atoms with Crippen molar-refractivity contribution in [1.82, 2.24) is 10.2 Å². The number of carbonyl (C=O) groups is 1. The van der Waals surface area contributed by atoms with Gasteiger partial charge in [0.05, 0.1) is 6.04 Å². The highest BCUT2D eigenvalue weighted by molar-refractivity contribution is 5.82. The Labute approximate surface area is 97.9 Å². The summed E-state index contributed by atoms with van der Waals surface area (Å²) in [7, 11) is 0. The average Bonchev–Trinajstić information content (AvgIpc) is 2.96. The number of rotatable bonds is 4. The van der Waals surface area contributed by atoms with Gasteiger partial charge >= 0.3 is 0 Å². The molecule has 0 spiro atoms. The molecule has 3 heteroatoms. The van der Waals surface area contributed by atoms with Crippen LogP contribution in [0.15, 0.2) is 12.7 Å². The van der Waals surface area contributed by atoms with Crippen molar-refractivity contribution in [2.45, 2.75) is 50.6 Å². The van der Waals surface area contributed by atoms with Gasteiger partial charge in [-0.1, -0.05) is 18.9 Å². The van der Waals surface area contributed by atoms with Crippen LogP contribution >= 0.6 is 0 Å². The minimum absolute atomic E-state index is 0.0700. The van der Waals surface area contributed by atoms with Gasteiger partial charge in [-0.3, -0.25) is 4.79 Å². The molecule has 0 radical (unpaired) electrons. The molecular weight excluding hydrogens is 200 g/mol. The molecule has 16 heavy (non-hydrogen) atoms. The van der Waals surface area contributed by atoms with Crippen molar-refractivity contribution in [3.05, 3.63) is 12.7 Å². The van der Waals surface area contributed by atoms with E-state index in [4.69, 9.17) is 0 Å². The molecule has 1 atom stereocenters. The first-order chi connectivity index (χ1) is 7.83. The average molecular weight is 222 g/mol. The first kappa shape index (κ1) is 11.6. The van der Waals surface area contributed by atoms with Gasteiger partial charge in [0.15, 0.2) is 0 Å². The van der Waals surface area contributed by atoms with E-state index in [0.717, 1.165) is 19.4 Å². The van der Waals surface area contributed by atoms with Gasteiger partial charge in [-0.05, 0) is 32.2 Å². The monoisotopic (exact) mass is 222 g/mol. The summed E-state index contributed by atoms with van der Waals surface area (Å²) in [5.74, 6) is 0.296. The first-order valence-electron chi connectivity index (χ1n) is 6.47. The van der Waals surface area contributed by atoms with Gasteiger partial charge in [-0.25, -0.2) is 0 Å². The molecule has 2 aliphatic rings. The number of carbonyl (C=O) groups excluding carboxylic acids is 1. The van der Waals surface area contributed by atoms with Crippen LogP contribution in [-0.4, -0.2) is 36.0 Å². The van der Waals surface area contributed by atoms with Crippen molar-refractivity contribution in [2.24, 2.45) is 0 Å². The predicted octanol–water partition coefficient (Wildman–Crippen LogP) is 1.70. The Morgan fingerprint density at radius 2 is 2.06 bits per heavy atom. The largest absolute Gasteiger partial charge is 0.335 e. The van der Waals surface area contributed by atoms with E-state index >= 15 is 0 Å². The predicted molar refractivity (Wildman–Crippen MR) is 65.2 cm³/mol. The molecular formula is C13H22N2O. The lowest BCUT2D eigenvalue weighted by Crippen LogP contribution is -2.47. The van der Waals surface area contributed by atoms with Crippen molar-refractivity contribution in [3.8, 4) is 0 Å². The van der Waals surface area contributed by atoms with Crippen molar-refractivity contribution in [2.75, 3.05) is 13.1 Å².